The van der Waals surface area contributed by atoms with Gasteiger partial charge >= 0.3 is 0 Å². The van der Waals surface area contributed by atoms with Crippen molar-refractivity contribution in [3.8, 4) is 5.75 Å². The smallest absolute Gasteiger partial charge is 0.256 e. The van der Waals surface area contributed by atoms with Gasteiger partial charge in [0.05, 0.1) is 5.69 Å². The van der Waals surface area contributed by atoms with Gasteiger partial charge in [0.2, 0.25) is 0 Å². The van der Waals surface area contributed by atoms with Crippen LogP contribution in [0.4, 0.5) is 5.69 Å². The van der Waals surface area contributed by atoms with Crippen LogP contribution in [0.15, 0.2) is 60.7 Å². The maximum Gasteiger partial charge on any atom is 0.256 e. The standard InChI is InChI=1S/C18H15NO2/c1-12-9-10-16(17(20)11-12)19-18(21)15-8-4-6-13-5-2-3-7-14(13)15/h2-11,20H,1H3,(H,19,21). The van der Waals surface area contributed by atoms with Gasteiger partial charge in [0.15, 0.2) is 0 Å². The first-order chi connectivity index (χ1) is 10.1. The van der Waals surface area contributed by atoms with Crippen LogP contribution in [-0.2, 0) is 0 Å². The molecule has 0 spiro atoms. The summed E-state index contributed by atoms with van der Waals surface area (Å²) in [6, 6.07) is 18.5. The lowest BCUT2D eigenvalue weighted by molar-refractivity contribution is 0.102. The predicted octanol–water partition coefficient (Wildman–Crippen LogP) is 4.11. The molecular weight excluding hydrogens is 262 g/mol. The summed E-state index contributed by atoms with van der Waals surface area (Å²) in [5, 5.41) is 14.5. The van der Waals surface area contributed by atoms with Gasteiger partial charge in [-0.2, -0.15) is 0 Å². The number of phenols is 1. The average molecular weight is 277 g/mol. The van der Waals surface area contributed by atoms with Crippen molar-refractivity contribution < 1.29 is 9.90 Å². The van der Waals surface area contributed by atoms with Crippen molar-refractivity contribution in [3.63, 3.8) is 0 Å². The van der Waals surface area contributed by atoms with Gasteiger partial charge in [0.25, 0.3) is 5.91 Å². The van der Waals surface area contributed by atoms with Crippen molar-refractivity contribution in [2.75, 3.05) is 5.32 Å². The molecule has 3 rings (SSSR count). The third-order valence-corrected chi connectivity index (χ3v) is 3.44. The molecule has 0 aromatic heterocycles. The summed E-state index contributed by atoms with van der Waals surface area (Å²) in [4.78, 5) is 12.4. The number of nitrogens with one attached hydrogen (secondary N) is 1. The summed E-state index contributed by atoms with van der Waals surface area (Å²) in [5.74, 6) is -0.158. The molecule has 0 saturated carbocycles. The average Bonchev–Trinajstić information content (AvgIpc) is 2.49. The van der Waals surface area contributed by atoms with E-state index in [1.165, 1.54) is 0 Å². The minimum atomic E-state index is -0.231. The Labute approximate surface area is 122 Å². The number of rotatable bonds is 2. The van der Waals surface area contributed by atoms with Crippen molar-refractivity contribution in [1.29, 1.82) is 0 Å². The number of carbonyl (C=O) groups is 1. The first kappa shape index (κ1) is 13.2. The maximum absolute atomic E-state index is 12.4. The maximum atomic E-state index is 12.4. The summed E-state index contributed by atoms with van der Waals surface area (Å²) >= 11 is 0. The molecule has 2 N–H and O–H groups in total. The van der Waals surface area contributed by atoms with Gasteiger partial charge in [0.1, 0.15) is 5.75 Å². The predicted molar refractivity (Wildman–Crippen MR) is 84.7 cm³/mol. The van der Waals surface area contributed by atoms with Crippen molar-refractivity contribution in [3.05, 3.63) is 71.8 Å². The van der Waals surface area contributed by atoms with Gasteiger partial charge in [-0.05, 0) is 41.5 Å². The Morgan fingerprint density at radius 2 is 1.76 bits per heavy atom. The minimum absolute atomic E-state index is 0.0728. The number of carbonyl (C=O) groups excluding carboxylic acids is 1. The Kier molecular flexibility index (Phi) is 3.32. The number of hydrogen-bond donors (Lipinski definition) is 2. The molecule has 0 fully saturated rings. The van der Waals surface area contributed by atoms with E-state index in [4.69, 9.17) is 0 Å². The highest BCUT2D eigenvalue weighted by Crippen LogP contribution is 2.26. The second-order valence-corrected chi connectivity index (χ2v) is 5.00. The number of benzene rings is 3. The van der Waals surface area contributed by atoms with Crippen LogP contribution in [0.5, 0.6) is 5.75 Å². The summed E-state index contributed by atoms with van der Waals surface area (Å²) in [6.45, 7) is 1.88. The molecule has 3 aromatic rings. The Balaban J connectivity index is 1.97. The molecule has 0 bridgehead atoms. The quantitative estimate of drug-likeness (QED) is 0.693. The zero-order valence-corrected chi connectivity index (χ0v) is 11.6. The highest BCUT2D eigenvalue weighted by molar-refractivity contribution is 6.13. The van der Waals surface area contributed by atoms with E-state index in [0.717, 1.165) is 16.3 Å². The molecule has 1 amide bonds. The van der Waals surface area contributed by atoms with Gasteiger partial charge in [-0.3, -0.25) is 4.79 Å². The molecule has 0 unspecified atom stereocenters. The fourth-order valence-corrected chi connectivity index (χ4v) is 2.36. The van der Waals surface area contributed by atoms with Crippen LogP contribution < -0.4 is 5.32 Å². The number of aromatic hydroxyl groups is 1. The monoisotopic (exact) mass is 277 g/mol. The molecule has 0 radical (unpaired) electrons. The van der Waals surface area contributed by atoms with Crippen LogP contribution in [0.25, 0.3) is 10.8 Å². The number of fused-ring (bicyclic) bond motifs is 1. The molecule has 21 heavy (non-hydrogen) atoms. The minimum Gasteiger partial charge on any atom is -0.506 e. The van der Waals surface area contributed by atoms with E-state index in [-0.39, 0.29) is 11.7 Å². The van der Waals surface area contributed by atoms with E-state index in [0.29, 0.717) is 11.3 Å². The summed E-state index contributed by atoms with van der Waals surface area (Å²) in [5.41, 5.74) is 1.95. The summed E-state index contributed by atoms with van der Waals surface area (Å²) in [7, 11) is 0. The normalized spacial score (nSPS) is 10.5. The number of amides is 1. The molecule has 0 aliphatic heterocycles. The zero-order chi connectivity index (χ0) is 14.8. The van der Waals surface area contributed by atoms with E-state index in [2.05, 4.69) is 5.32 Å². The van der Waals surface area contributed by atoms with E-state index in [1.54, 1.807) is 18.2 Å². The molecule has 0 saturated heterocycles. The molecule has 3 nitrogen and oxygen atoms in total. The zero-order valence-electron chi connectivity index (χ0n) is 11.6. The fourth-order valence-electron chi connectivity index (χ4n) is 2.36. The molecule has 0 atom stereocenters. The van der Waals surface area contributed by atoms with Gasteiger partial charge in [-0.1, -0.05) is 42.5 Å². The van der Waals surface area contributed by atoms with Gasteiger partial charge in [-0.25, -0.2) is 0 Å². The highest BCUT2D eigenvalue weighted by Gasteiger charge is 2.11. The second kappa shape index (κ2) is 5.29. The third-order valence-electron chi connectivity index (χ3n) is 3.44. The van der Waals surface area contributed by atoms with Crippen LogP contribution in [0, 0.1) is 6.92 Å². The van der Waals surface area contributed by atoms with Crippen molar-refractivity contribution >= 4 is 22.4 Å². The molecule has 0 heterocycles. The number of aryl methyl sites for hydroxylation is 1. The second-order valence-electron chi connectivity index (χ2n) is 5.00. The van der Waals surface area contributed by atoms with Crippen molar-refractivity contribution in [2.24, 2.45) is 0 Å². The molecule has 3 aromatic carbocycles. The number of anilines is 1. The Morgan fingerprint density at radius 3 is 2.57 bits per heavy atom. The lowest BCUT2D eigenvalue weighted by atomic mass is 10.0. The SMILES string of the molecule is Cc1ccc(NC(=O)c2cccc3ccccc23)c(O)c1. The number of hydrogen-bond acceptors (Lipinski definition) is 2. The van der Waals surface area contributed by atoms with Crippen molar-refractivity contribution in [1.82, 2.24) is 0 Å². The van der Waals surface area contributed by atoms with Gasteiger partial charge in [-0.15, -0.1) is 0 Å². The Bertz CT molecular complexity index is 819. The molecule has 0 aliphatic rings. The lowest BCUT2D eigenvalue weighted by Crippen LogP contribution is -2.12. The van der Waals surface area contributed by atoms with Gasteiger partial charge < -0.3 is 10.4 Å². The highest BCUT2D eigenvalue weighted by atomic mass is 16.3. The van der Waals surface area contributed by atoms with E-state index >= 15 is 0 Å². The van der Waals surface area contributed by atoms with Crippen LogP contribution in [0.3, 0.4) is 0 Å². The molecule has 104 valence electrons. The lowest BCUT2D eigenvalue weighted by Gasteiger charge is -2.10. The largest absolute Gasteiger partial charge is 0.506 e. The molecule has 3 heteroatoms. The Hall–Kier alpha value is -2.81. The van der Waals surface area contributed by atoms with Crippen LogP contribution in [-0.4, -0.2) is 11.0 Å². The topological polar surface area (TPSA) is 49.3 Å². The number of phenolic OH excluding ortho intramolecular Hbond substituents is 1. The Morgan fingerprint density at radius 1 is 1.00 bits per heavy atom. The van der Waals surface area contributed by atoms with Gasteiger partial charge in [0, 0.05) is 5.56 Å². The molecule has 0 aliphatic carbocycles. The third kappa shape index (κ3) is 2.58. The van der Waals surface area contributed by atoms with E-state index < -0.39 is 0 Å². The summed E-state index contributed by atoms with van der Waals surface area (Å²) < 4.78 is 0. The van der Waals surface area contributed by atoms with Crippen LogP contribution in [0.1, 0.15) is 15.9 Å². The summed E-state index contributed by atoms with van der Waals surface area (Å²) in [6.07, 6.45) is 0. The first-order valence-corrected chi connectivity index (χ1v) is 6.74. The van der Waals surface area contributed by atoms with Crippen molar-refractivity contribution in [2.45, 2.75) is 6.92 Å². The van der Waals surface area contributed by atoms with Crippen LogP contribution >= 0.6 is 0 Å². The first-order valence-electron chi connectivity index (χ1n) is 6.74. The fraction of sp³-hybridized carbons (Fsp3) is 0.0556. The van der Waals surface area contributed by atoms with E-state index in [1.807, 2.05) is 49.4 Å². The van der Waals surface area contributed by atoms with E-state index in [9.17, 15) is 9.90 Å². The van der Waals surface area contributed by atoms with Crippen LogP contribution in [0.2, 0.25) is 0 Å². The molecular formula is C18H15NO2.